The molecule has 1 unspecified atom stereocenters. The number of sulfone groups is 1. The van der Waals surface area contributed by atoms with Crippen LogP contribution in [0.15, 0.2) is 16.8 Å². The van der Waals surface area contributed by atoms with Gasteiger partial charge < -0.3 is 4.90 Å². The molecule has 1 aromatic heterocycles. The number of rotatable bonds is 5. The maximum Gasteiger partial charge on any atom is 0.244 e. The summed E-state index contributed by atoms with van der Waals surface area (Å²) in [7, 11) is -2.97. The van der Waals surface area contributed by atoms with Crippen molar-refractivity contribution in [2.24, 2.45) is 0 Å². The number of hydrogen-bond acceptors (Lipinski definition) is 5. The summed E-state index contributed by atoms with van der Waals surface area (Å²) in [6.45, 7) is 0.487. The minimum Gasteiger partial charge on any atom is -0.321 e. The Morgan fingerprint density at radius 3 is 2.80 bits per heavy atom. The molecular formula is C13H18N2O3S2. The van der Waals surface area contributed by atoms with Crippen molar-refractivity contribution in [2.75, 3.05) is 18.6 Å². The van der Waals surface area contributed by atoms with Crippen molar-refractivity contribution >= 4 is 27.1 Å². The predicted octanol–water partition coefficient (Wildman–Crippen LogP) is 1.15. The van der Waals surface area contributed by atoms with Gasteiger partial charge >= 0.3 is 0 Å². The van der Waals surface area contributed by atoms with E-state index in [1.165, 1.54) is 6.26 Å². The van der Waals surface area contributed by atoms with Crippen molar-refractivity contribution in [3.63, 3.8) is 0 Å². The van der Waals surface area contributed by atoms with E-state index in [1.54, 1.807) is 16.2 Å². The van der Waals surface area contributed by atoms with Gasteiger partial charge in [0.05, 0.1) is 5.75 Å². The highest BCUT2D eigenvalue weighted by molar-refractivity contribution is 7.90. The van der Waals surface area contributed by atoms with E-state index in [0.29, 0.717) is 13.0 Å². The fraction of sp³-hybridized carbons (Fsp3) is 0.615. The first-order valence-corrected chi connectivity index (χ1v) is 9.70. The van der Waals surface area contributed by atoms with Crippen LogP contribution < -0.4 is 5.32 Å². The summed E-state index contributed by atoms with van der Waals surface area (Å²) in [5.74, 6) is 0.252. The molecule has 1 aliphatic carbocycles. The molecule has 0 aromatic carbocycles. The molecule has 1 N–H and O–H groups in total. The topological polar surface area (TPSA) is 66.5 Å². The Labute approximate surface area is 122 Å². The zero-order valence-corrected chi connectivity index (χ0v) is 13.0. The molecule has 1 amide bonds. The van der Waals surface area contributed by atoms with Crippen LogP contribution in [0.5, 0.6) is 0 Å². The van der Waals surface area contributed by atoms with Crippen LogP contribution in [0.4, 0.5) is 0 Å². The van der Waals surface area contributed by atoms with Gasteiger partial charge in [0.25, 0.3) is 0 Å². The van der Waals surface area contributed by atoms with Gasteiger partial charge in [-0.1, -0.05) is 0 Å². The molecule has 2 fully saturated rings. The van der Waals surface area contributed by atoms with Crippen LogP contribution in [-0.2, 0) is 14.6 Å². The molecule has 2 aliphatic rings. The number of hydrogen-bond donors (Lipinski definition) is 1. The maximum absolute atomic E-state index is 12.5. The van der Waals surface area contributed by atoms with Crippen LogP contribution in [-0.4, -0.2) is 43.3 Å². The lowest BCUT2D eigenvalue weighted by molar-refractivity contribution is -0.130. The third-order valence-corrected chi connectivity index (χ3v) is 5.65. The largest absolute Gasteiger partial charge is 0.321 e. The lowest BCUT2D eigenvalue weighted by atomic mass is 10.2. The lowest BCUT2D eigenvalue weighted by Crippen LogP contribution is -2.33. The summed E-state index contributed by atoms with van der Waals surface area (Å²) in [6.07, 6.45) is 3.39. The minimum atomic E-state index is -2.97. The van der Waals surface area contributed by atoms with Gasteiger partial charge in [-0.05, 0) is 41.7 Å². The molecular weight excluding hydrogens is 296 g/mol. The maximum atomic E-state index is 12.5. The fourth-order valence-electron chi connectivity index (χ4n) is 2.70. The van der Waals surface area contributed by atoms with Crippen molar-refractivity contribution in [1.82, 2.24) is 10.2 Å². The van der Waals surface area contributed by atoms with Crippen LogP contribution in [0, 0.1) is 0 Å². The Bertz CT molecular complexity index is 606. The second-order valence-corrected chi connectivity index (χ2v) is 8.71. The standard InChI is InChI=1S/C13H18N2O3S2/c1-20(17,18)8-2-6-15-11(10-3-7-19-9-10)14-13(4-5-13)12(15)16/h3,7,9,11,14H,2,4-6,8H2,1H3. The highest BCUT2D eigenvalue weighted by atomic mass is 32.2. The van der Waals surface area contributed by atoms with Crippen LogP contribution in [0.3, 0.4) is 0 Å². The molecule has 5 nitrogen and oxygen atoms in total. The fourth-order valence-corrected chi connectivity index (χ4v) is 4.03. The van der Waals surface area contributed by atoms with Gasteiger partial charge in [-0.3, -0.25) is 10.1 Å². The van der Waals surface area contributed by atoms with E-state index in [-0.39, 0.29) is 23.4 Å². The van der Waals surface area contributed by atoms with Crippen LogP contribution in [0.25, 0.3) is 0 Å². The summed E-state index contributed by atoms with van der Waals surface area (Å²) < 4.78 is 22.4. The number of carbonyl (C=O) groups is 1. The molecule has 1 saturated heterocycles. The van der Waals surface area contributed by atoms with Crippen LogP contribution in [0.1, 0.15) is 31.0 Å². The van der Waals surface area contributed by atoms with Crippen LogP contribution in [0.2, 0.25) is 0 Å². The number of thiophene rings is 1. The van der Waals surface area contributed by atoms with E-state index in [9.17, 15) is 13.2 Å². The molecule has 3 rings (SSSR count). The summed E-state index contributed by atoms with van der Waals surface area (Å²) in [5, 5.41) is 7.46. The molecule has 1 aliphatic heterocycles. The molecule has 1 spiro atoms. The van der Waals surface area contributed by atoms with E-state index in [1.807, 2.05) is 16.8 Å². The Hall–Kier alpha value is -0.920. The third kappa shape index (κ3) is 2.62. The lowest BCUT2D eigenvalue weighted by Gasteiger charge is -2.23. The Morgan fingerprint density at radius 2 is 2.25 bits per heavy atom. The van der Waals surface area contributed by atoms with Gasteiger partial charge in [-0.2, -0.15) is 11.3 Å². The first-order chi connectivity index (χ1) is 9.41. The molecule has 1 saturated carbocycles. The Balaban J connectivity index is 1.73. The first kappa shape index (κ1) is 14.0. The third-order valence-electron chi connectivity index (χ3n) is 3.92. The number of amides is 1. The summed E-state index contributed by atoms with van der Waals surface area (Å²) in [4.78, 5) is 14.3. The van der Waals surface area contributed by atoms with E-state index in [4.69, 9.17) is 0 Å². The first-order valence-electron chi connectivity index (χ1n) is 6.70. The van der Waals surface area contributed by atoms with Gasteiger partial charge in [-0.25, -0.2) is 8.42 Å². The average Bonchev–Trinajstić information content (AvgIpc) is 2.83. The van der Waals surface area contributed by atoms with Gasteiger partial charge in [0, 0.05) is 12.8 Å². The zero-order valence-electron chi connectivity index (χ0n) is 11.3. The van der Waals surface area contributed by atoms with E-state index < -0.39 is 9.84 Å². The van der Waals surface area contributed by atoms with Crippen molar-refractivity contribution in [3.05, 3.63) is 22.4 Å². The highest BCUT2D eigenvalue weighted by Crippen LogP contribution is 2.46. The van der Waals surface area contributed by atoms with Crippen molar-refractivity contribution in [1.29, 1.82) is 0 Å². The van der Waals surface area contributed by atoms with E-state index >= 15 is 0 Å². The Kier molecular flexibility index (Phi) is 3.38. The van der Waals surface area contributed by atoms with Crippen LogP contribution >= 0.6 is 11.3 Å². The summed E-state index contributed by atoms with van der Waals surface area (Å²) >= 11 is 1.60. The second-order valence-electron chi connectivity index (χ2n) is 5.67. The highest BCUT2D eigenvalue weighted by Gasteiger charge is 2.59. The van der Waals surface area contributed by atoms with Gasteiger partial charge in [0.15, 0.2) is 0 Å². The van der Waals surface area contributed by atoms with Crippen molar-refractivity contribution < 1.29 is 13.2 Å². The summed E-state index contributed by atoms with van der Waals surface area (Å²) in [5.41, 5.74) is 0.726. The average molecular weight is 314 g/mol. The van der Waals surface area contributed by atoms with Crippen molar-refractivity contribution in [3.8, 4) is 0 Å². The van der Waals surface area contributed by atoms with Crippen molar-refractivity contribution in [2.45, 2.75) is 31.0 Å². The minimum absolute atomic E-state index is 0.101. The van der Waals surface area contributed by atoms with E-state index in [0.717, 1.165) is 18.4 Å². The molecule has 0 bridgehead atoms. The second kappa shape index (κ2) is 4.82. The normalized spacial score (nSPS) is 24.6. The molecule has 110 valence electrons. The SMILES string of the molecule is CS(=O)(=O)CCCN1C(=O)C2(CC2)NC1c1ccsc1. The number of nitrogens with zero attached hydrogens (tertiary/aromatic N) is 1. The summed E-state index contributed by atoms with van der Waals surface area (Å²) in [6, 6.07) is 2.01. The predicted molar refractivity (Wildman–Crippen MR) is 78.2 cm³/mol. The van der Waals surface area contributed by atoms with Gasteiger partial charge in [-0.15, -0.1) is 0 Å². The van der Waals surface area contributed by atoms with Gasteiger partial charge in [0.2, 0.25) is 5.91 Å². The number of carbonyl (C=O) groups excluding carboxylic acids is 1. The Morgan fingerprint density at radius 1 is 1.50 bits per heavy atom. The zero-order chi connectivity index (χ0) is 14.4. The molecule has 2 heterocycles. The number of nitrogens with one attached hydrogen (secondary N) is 1. The molecule has 7 heteroatoms. The quantitative estimate of drug-likeness (QED) is 0.885. The smallest absolute Gasteiger partial charge is 0.244 e. The molecule has 20 heavy (non-hydrogen) atoms. The monoisotopic (exact) mass is 314 g/mol. The molecule has 0 radical (unpaired) electrons. The molecule has 1 aromatic rings. The molecule has 1 atom stereocenters. The van der Waals surface area contributed by atoms with Gasteiger partial charge in [0.1, 0.15) is 21.5 Å². The van der Waals surface area contributed by atoms with E-state index in [2.05, 4.69) is 5.32 Å².